The van der Waals surface area contributed by atoms with Crippen LogP contribution in [-0.4, -0.2) is 35.9 Å². The fraction of sp³-hybridized carbons (Fsp3) is 0.929. The van der Waals surface area contributed by atoms with Gasteiger partial charge >= 0.3 is 5.97 Å². The highest BCUT2D eigenvalue weighted by Gasteiger charge is 2.36. The van der Waals surface area contributed by atoms with Gasteiger partial charge in [0, 0.05) is 19.3 Å². The minimum Gasteiger partial charge on any atom is -0.480 e. The molecule has 0 aromatic rings. The molecule has 0 aromatic carbocycles. The highest BCUT2D eigenvalue weighted by Crippen LogP contribution is 2.29. The molecule has 1 unspecified atom stereocenters. The zero-order chi connectivity index (χ0) is 13.6. The molecule has 0 bridgehead atoms. The Bertz CT molecular complexity index is 264. The summed E-state index contributed by atoms with van der Waals surface area (Å²) in [6, 6.07) is 0.174. The van der Waals surface area contributed by atoms with Gasteiger partial charge in [-0.25, -0.2) is 0 Å². The van der Waals surface area contributed by atoms with Gasteiger partial charge in [0.25, 0.3) is 0 Å². The predicted molar refractivity (Wildman–Crippen MR) is 71.7 cm³/mol. The van der Waals surface area contributed by atoms with Gasteiger partial charge in [0.2, 0.25) is 0 Å². The van der Waals surface area contributed by atoms with Crippen LogP contribution in [0, 0.1) is 5.92 Å². The summed E-state index contributed by atoms with van der Waals surface area (Å²) < 4.78 is 5.56. The Morgan fingerprint density at radius 1 is 1.50 bits per heavy atom. The second-order valence-electron chi connectivity index (χ2n) is 5.66. The summed E-state index contributed by atoms with van der Waals surface area (Å²) in [4.78, 5) is 11.5. The standard InChI is InChI=1S/C14H27NO3/c1-4-14(13(16)17,15-11(2)3)8-5-9-18-10-12-6-7-12/h11-12,15H,4-10H2,1-3H3,(H,16,17). The van der Waals surface area contributed by atoms with Crippen molar-refractivity contribution in [3.63, 3.8) is 0 Å². The zero-order valence-corrected chi connectivity index (χ0v) is 11.9. The molecule has 1 saturated carbocycles. The number of hydrogen-bond acceptors (Lipinski definition) is 3. The third kappa shape index (κ3) is 4.94. The van der Waals surface area contributed by atoms with Gasteiger partial charge in [-0.3, -0.25) is 10.1 Å². The van der Waals surface area contributed by atoms with E-state index >= 15 is 0 Å². The number of aliphatic carboxylic acids is 1. The van der Waals surface area contributed by atoms with Crippen LogP contribution >= 0.6 is 0 Å². The Balaban J connectivity index is 2.31. The Labute approximate surface area is 110 Å². The number of rotatable bonds is 10. The van der Waals surface area contributed by atoms with Crippen molar-refractivity contribution in [2.45, 2.75) is 64.5 Å². The van der Waals surface area contributed by atoms with Crippen molar-refractivity contribution in [2.24, 2.45) is 5.92 Å². The molecule has 1 atom stereocenters. The van der Waals surface area contributed by atoms with Gasteiger partial charge < -0.3 is 9.84 Å². The number of ether oxygens (including phenoxy) is 1. The molecule has 0 amide bonds. The topological polar surface area (TPSA) is 58.6 Å². The fourth-order valence-electron chi connectivity index (χ4n) is 2.23. The summed E-state index contributed by atoms with van der Waals surface area (Å²) in [6.45, 7) is 7.41. The van der Waals surface area contributed by atoms with Crippen molar-refractivity contribution in [1.29, 1.82) is 0 Å². The lowest BCUT2D eigenvalue weighted by molar-refractivity contribution is -0.146. The first-order valence-electron chi connectivity index (χ1n) is 7.09. The third-order valence-electron chi connectivity index (χ3n) is 3.52. The summed E-state index contributed by atoms with van der Waals surface area (Å²) in [6.07, 6.45) is 4.61. The molecule has 1 aliphatic rings. The normalized spacial score (nSPS) is 18.9. The van der Waals surface area contributed by atoms with E-state index < -0.39 is 11.5 Å². The lowest BCUT2D eigenvalue weighted by Crippen LogP contribution is -2.54. The first-order valence-corrected chi connectivity index (χ1v) is 7.09. The van der Waals surface area contributed by atoms with E-state index in [4.69, 9.17) is 4.74 Å². The predicted octanol–water partition coefficient (Wildman–Crippen LogP) is 2.42. The van der Waals surface area contributed by atoms with E-state index in [0.717, 1.165) is 18.9 Å². The molecule has 2 N–H and O–H groups in total. The Kier molecular flexibility index (Phi) is 6.09. The van der Waals surface area contributed by atoms with E-state index in [9.17, 15) is 9.90 Å². The smallest absolute Gasteiger partial charge is 0.323 e. The number of hydrogen-bond donors (Lipinski definition) is 2. The van der Waals surface area contributed by atoms with Crippen LogP contribution in [0.4, 0.5) is 0 Å². The zero-order valence-electron chi connectivity index (χ0n) is 11.9. The van der Waals surface area contributed by atoms with Crippen LogP contribution in [0.15, 0.2) is 0 Å². The molecule has 1 rings (SSSR count). The van der Waals surface area contributed by atoms with Crippen molar-refractivity contribution >= 4 is 5.97 Å². The van der Waals surface area contributed by atoms with Crippen molar-refractivity contribution < 1.29 is 14.6 Å². The molecule has 4 nitrogen and oxygen atoms in total. The van der Waals surface area contributed by atoms with E-state index in [1.807, 2.05) is 20.8 Å². The van der Waals surface area contributed by atoms with Gasteiger partial charge in [-0.15, -0.1) is 0 Å². The van der Waals surface area contributed by atoms with E-state index in [1.165, 1.54) is 12.8 Å². The highest BCUT2D eigenvalue weighted by molar-refractivity contribution is 5.78. The summed E-state index contributed by atoms with van der Waals surface area (Å²) in [5.41, 5.74) is -0.795. The summed E-state index contributed by atoms with van der Waals surface area (Å²) in [5, 5.41) is 12.6. The first kappa shape index (κ1) is 15.4. The minimum absolute atomic E-state index is 0.174. The van der Waals surface area contributed by atoms with E-state index in [1.54, 1.807) is 0 Å². The minimum atomic E-state index is -0.795. The number of carboxylic acids is 1. The monoisotopic (exact) mass is 257 g/mol. The van der Waals surface area contributed by atoms with Gasteiger partial charge in [0.15, 0.2) is 0 Å². The van der Waals surface area contributed by atoms with Crippen LogP contribution in [0.3, 0.4) is 0 Å². The van der Waals surface area contributed by atoms with Crippen LogP contribution in [0.1, 0.15) is 52.9 Å². The van der Waals surface area contributed by atoms with Gasteiger partial charge in [0.05, 0.1) is 0 Å². The van der Waals surface area contributed by atoms with Gasteiger partial charge in [-0.2, -0.15) is 0 Å². The van der Waals surface area contributed by atoms with Crippen LogP contribution < -0.4 is 5.32 Å². The molecule has 4 heteroatoms. The molecule has 0 saturated heterocycles. The Hall–Kier alpha value is -0.610. The van der Waals surface area contributed by atoms with Crippen molar-refractivity contribution in [3.05, 3.63) is 0 Å². The molecular formula is C14H27NO3. The van der Waals surface area contributed by atoms with Crippen LogP contribution in [0.5, 0.6) is 0 Å². The molecule has 1 aliphatic carbocycles. The molecule has 0 radical (unpaired) electrons. The average Bonchev–Trinajstić information content (AvgIpc) is 3.10. The largest absolute Gasteiger partial charge is 0.480 e. The van der Waals surface area contributed by atoms with Crippen molar-refractivity contribution in [1.82, 2.24) is 5.32 Å². The maximum atomic E-state index is 11.5. The summed E-state index contributed by atoms with van der Waals surface area (Å²) >= 11 is 0. The average molecular weight is 257 g/mol. The summed E-state index contributed by atoms with van der Waals surface area (Å²) in [7, 11) is 0. The quantitative estimate of drug-likeness (QED) is 0.590. The van der Waals surface area contributed by atoms with Crippen molar-refractivity contribution in [3.8, 4) is 0 Å². The van der Waals surface area contributed by atoms with Gasteiger partial charge in [0.1, 0.15) is 5.54 Å². The molecule has 106 valence electrons. The Morgan fingerprint density at radius 3 is 2.61 bits per heavy atom. The van der Waals surface area contributed by atoms with Crippen LogP contribution in [0.25, 0.3) is 0 Å². The van der Waals surface area contributed by atoms with E-state index in [2.05, 4.69) is 5.32 Å². The van der Waals surface area contributed by atoms with Crippen molar-refractivity contribution in [2.75, 3.05) is 13.2 Å². The molecule has 18 heavy (non-hydrogen) atoms. The molecular weight excluding hydrogens is 230 g/mol. The second kappa shape index (κ2) is 7.10. The lowest BCUT2D eigenvalue weighted by atomic mass is 9.89. The highest BCUT2D eigenvalue weighted by atomic mass is 16.5. The fourth-order valence-corrected chi connectivity index (χ4v) is 2.23. The number of carbonyl (C=O) groups is 1. The van der Waals surface area contributed by atoms with Crippen LogP contribution in [0.2, 0.25) is 0 Å². The second-order valence-corrected chi connectivity index (χ2v) is 5.66. The molecule has 0 aliphatic heterocycles. The molecule has 0 spiro atoms. The van der Waals surface area contributed by atoms with Crippen LogP contribution in [-0.2, 0) is 9.53 Å². The Morgan fingerprint density at radius 2 is 2.17 bits per heavy atom. The van der Waals surface area contributed by atoms with Gasteiger partial charge in [-0.1, -0.05) is 6.92 Å². The van der Waals surface area contributed by atoms with Gasteiger partial charge in [-0.05, 0) is 51.9 Å². The maximum absolute atomic E-state index is 11.5. The third-order valence-corrected chi connectivity index (χ3v) is 3.52. The molecule has 1 fully saturated rings. The van der Waals surface area contributed by atoms with E-state index in [-0.39, 0.29) is 6.04 Å². The molecule has 0 heterocycles. The summed E-state index contributed by atoms with van der Waals surface area (Å²) in [5.74, 6) is 0.0232. The number of nitrogens with one attached hydrogen (secondary N) is 1. The lowest BCUT2D eigenvalue weighted by Gasteiger charge is -2.31. The molecule has 0 aromatic heterocycles. The first-order chi connectivity index (χ1) is 8.50. The van der Waals surface area contributed by atoms with E-state index in [0.29, 0.717) is 19.4 Å². The SMILES string of the molecule is CCC(CCCOCC1CC1)(NC(C)C)C(=O)O. The number of carboxylic acid groups (broad SMARTS) is 1. The maximum Gasteiger partial charge on any atom is 0.323 e.